The number of rotatable bonds is 2. The van der Waals surface area contributed by atoms with Crippen molar-refractivity contribution in [3.63, 3.8) is 0 Å². The van der Waals surface area contributed by atoms with Gasteiger partial charge in [0.15, 0.2) is 0 Å². The minimum absolute atomic E-state index is 0.537. The maximum Gasteiger partial charge on any atom is 0.332 e. The zero-order valence-corrected chi connectivity index (χ0v) is 9.15. The minimum Gasteiger partial charge on any atom is -0.350 e. The number of nitriles is 1. The third kappa shape index (κ3) is 3.40. The van der Waals surface area contributed by atoms with Gasteiger partial charge in [-0.1, -0.05) is 6.07 Å². The van der Waals surface area contributed by atoms with Crippen LogP contribution in [0.1, 0.15) is 11.1 Å². The van der Waals surface area contributed by atoms with Gasteiger partial charge < -0.3 is 5.73 Å². The van der Waals surface area contributed by atoms with Crippen LogP contribution in [0.2, 0.25) is 0 Å². The van der Waals surface area contributed by atoms with Gasteiger partial charge in [0.05, 0.1) is 11.8 Å². The minimum atomic E-state index is -0.723. The normalized spacial score (nSPS) is 9.87. The Labute approximate surface area is 94.7 Å². The topological polar surface area (TPSA) is 91.3 Å². The zero-order valence-electron chi connectivity index (χ0n) is 7.57. The van der Waals surface area contributed by atoms with E-state index in [2.05, 4.69) is 26.5 Å². The van der Waals surface area contributed by atoms with Crippen molar-refractivity contribution in [3.8, 4) is 6.07 Å². The number of primary amides is 1. The van der Waals surface area contributed by atoms with Crippen LogP contribution in [0, 0.1) is 11.3 Å². The van der Waals surface area contributed by atoms with Crippen LogP contribution in [0.3, 0.4) is 0 Å². The fourth-order valence-corrected chi connectivity index (χ4v) is 1.36. The smallest absolute Gasteiger partial charge is 0.332 e. The van der Waals surface area contributed by atoms with E-state index in [1.807, 2.05) is 6.07 Å². The highest BCUT2D eigenvalue weighted by Gasteiger charge is 1.98. The van der Waals surface area contributed by atoms with Gasteiger partial charge in [-0.3, -0.25) is 0 Å². The van der Waals surface area contributed by atoms with E-state index >= 15 is 0 Å². The number of hydrazone groups is 1. The molecule has 1 rings (SSSR count). The number of hydrogen-bond donors (Lipinski definition) is 2. The van der Waals surface area contributed by atoms with Gasteiger partial charge in [-0.25, -0.2) is 10.2 Å². The van der Waals surface area contributed by atoms with Crippen molar-refractivity contribution < 1.29 is 4.79 Å². The molecule has 3 N–H and O–H groups in total. The van der Waals surface area contributed by atoms with E-state index in [1.165, 1.54) is 6.21 Å². The molecule has 0 aliphatic heterocycles. The van der Waals surface area contributed by atoms with Gasteiger partial charge in [-0.2, -0.15) is 10.4 Å². The molecule has 0 aliphatic carbocycles. The van der Waals surface area contributed by atoms with Crippen molar-refractivity contribution in [2.45, 2.75) is 0 Å². The largest absolute Gasteiger partial charge is 0.350 e. The number of carbonyl (C=O) groups excluding carboxylic acids is 1. The SMILES string of the molecule is N#Cc1ccc(C=NNC(N)=O)cc1Br. The second kappa shape index (κ2) is 5.12. The number of nitrogens with one attached hydrogen (secondary N) is 1. The fourth-order valence-electron chi connectivity index (χ4n) is 0.873. The molecule has 0 aliphatic rings. The second-order valence-electron chi connectivity index (χ2n) is 2.59. The monoisotopic (exact) mass is 266 g/mol. The maximum absolute atomic E-state index is 10.3. The summed E-state index contributed by atoms with van der Waals surface area (Å²) in [6, 6.07) is 6.36. The van der Waals surface area contributed by atoms with E-state index in [9.17, 15) is 4.79 Å². The molecule has 15 heavy (non-hydrogen) atoms. The molecule has 0 bridgehead atoms. The molecular weight excluding hydrogens is 260 g/mol. The molecule has 76 valence electrons. The van der Waals surface area contributed by atoms with Crippen LogP contribution in [0.4, 0.5) is 4.79 Å². The van der Waals surface area contributed by atoms with E-state index in [0.29, 0.717) is 10.0 Å². The molecule has 5 nitrogen and oxygen atoms in total. The molecule has 0 heterocycles. The average molecular weight is 267 g/mol. The molecule has 1 aromatic carbocycles. The van der Waals surface area contributed by atoms with Gasteiger partial charge in [0.2, 0.25) is 0 Å². The lowest BCUT2D eigenvalue weighted by Crippen LogP contribution is -2.24. The van der Waals surface area contributed by atoms with E-state index in [0.717, 1.165) is 5.56 Å². The van der Waals surface area contributed by atoms with Crippen LogP contribution in [-0.2, 0) is 0 Å². The highest BCUT2D eigenvalue weighted by atomic mass is 79.9. The lowest BCUT2D eigenvalue weighted by atomic mass is 10.2. The number of hydrogen-bond acceptors (Lipinski definition) is 3. The van der Waals surface area contributed by atoms with E-state index < -0.39 is 6.03 Å². The molecule has 0 unspecified atom stereocenters. The summed E-state index contributed by atoms with van der Waals surface area (Å²) in [5, 5.41) is 12.3. The first kappa shape index (κ1) is 11.2. The van der Waals surface area contributed by atoms with Crippen molar-refractivity contribution in [3.05, 3.63) is 33.8 Å². The maximum atomic E-state index is 10.3. The number of amides is 2. The molecule has 0 aromatic heterocycles. The lowest BCUT2D eigenvalue weighted by molar-refractivity contribution is 0.249. The summed E-state index contributed by atoms with van der Waals surface area (Å²) < 4.78 is 0.674. The van der Waals surface area contributed by atoms with Crippen LogP contribution in [0.5, 0.6) is 0 Å². The predicted octanol–water partition coefficient (Wildman–Crippen LogP) is 1.32. The first-order chi connectivity index (χ1) is 7.13. The van der Waals surface area contributed by atoms with Crippen LogP contribution in [0.25, 0.3) is 0 Å². The van der Waals surface area contributed by atoms with Gasteiger partial charge in [0.1, 0.15) is 6.07 Å². The van der Waals surface area contributed by atoms with Crippen LogP contribution in [0.15, 0.2) is 27.8 Å². The Bertz CT molecular complexity index is 450. The van der Waals surface area contributed by atoms with E-state index in [-0.39, 0.29) is 0 Å². The molecular formula is C9H7BrN4O. The molecule has 0 radical (unpaired) electrons. The van der Waals surface area contributed by atoms with E-state index in [1.54, 1.807) is 18.2 Å². The number of urea groups is 1. The fraction of sp³-hybridized carbons (Fsp3) is 0. The summed E-state index contributed by atoms with van der Waals surface area (Å²) in [6.07, 6.45) is 1.43. The van der Waals surface area contributed by atoms with Crippen molar-refractivity contribution in [2.75, 3.05) is 0 Å². The van der Waals surface area contributed by atoms with Crippen molar-refractivity contribution in [1.82, 2.24) is 5.43 Å². The summed E-state index contributed by atoms with van der Waals surface area (Å²) in [5.74, 6) is 0. The van der Waals surface area contributed by atoms with Crippen LogP contribution in [-0.4, -0.2) is 12.2 Å². The Kier molecular flexibility index (Phi) is 3.83. The number of nitrogens with zero attached hydrogens (tertiary/aromatic N) is 2. The summed E-state index contributed by atoms with van der Waals surface area (Å²) >= 11 is 3.23. The highest BCUT2D eigenvalue weighted by molar-refractivity contribution is 9.10. The molecule has 0 saturated heterocycles. The molecule has 0 fully saturated rings. The quantitative estimate of drug-likeness (QED) is 0.624. The van der Waals surface area contributed by atoms with Crippen molar-refractivity contribution >= 4 is 28.2 Å². The van der Waals surface area contributed by atoms with Gasteiger partial charge >= 0.3 is 6.03 Å². The summed E-state index contributed by atoms with van der Waals surface area (Å²) in [4.78, 5) is 10.3. The van der Waals surface area contributed by atoms with Crippen LogP contribution < -0.4 is 11.2 Å². The summed E-state index contributed by atoms with van der Waals surface area (Å²) in [7, 11) is 0. The predicted molar refractivity (Wildman–Crippen MR) is 59.2 cm³/mol. The van der Waals surface area contributed by atoms with Crippen LogP contribution >= 0.6 is 15.9 Å². The zero-order chi connectivity index (χ0) is 11.3. The van der Waals surface area contributed by atoms with Gasteiger partial charge in [-0.05, 0) is 33.6 Å². The van der Waals surface area contributed by atoms with Crippen molar-refractivity contribution in [2.24, 2.45) is 10.8 Å². The number of halogens is 1. The van der Waals surface area contributed by atoms with Gasteiger partial charge in [0, 0.05) is 4.47 Å². The lowest BCUT2D eigenvalue weighted by Gasteiger charge is -1.97. The first-order valence-electron chi connectivity index (χ1n) is 3.91. The molecule has 2 amide bonds. The first-order valence-corrected chi connectivity index (χ1v) is 4.71. The molecule has 1 aromatic rings. The Hall–Kier alpha value is -1.87. The highest BCUT2D eigenvalue weighted by Crippen LogP contribution is 2.16. The third-order valence-electron chi connectivity index (χ3n) is 1.50. The Morgan fingerprint density at radius 1 is 1.67 bits per heavy atom. The number of nitrogens with two attached hydrogens (primary N) is 1. The average Bonchev–Trinajstić information content (AvgIpc) is 2.17. The van der Waals surface area contributed by atoms with E-state index in [4.69, 9.17) is 11.0 Å². The standard InChI is InChI=1S/C9H7BrN4O/c10-8-3-6(1-2-7(8)4-11)5-13-14-9(12)15/h1-3,5H,(H3,12,14,15). The molecule has 0 spiro atoms. The van der Waals surface area contributed by atoms with Gasteiger partial charge in [0.25, 0.3) is 0 Å². The second-order valence-corrected chi connectivity index (χ2v) is 3.44. The molecule has 0 atom stereocenters. The number of carbonyl (C=O) groups is 1. The number of benzene rings is 1. The third-order valence-corrected chi connectivity index (χ3v) is 2.16. The Balaban J connectivity index is 2.81. The molecule has 0 saturated carbocycles. The molecule has 6 heteroatoms. The Morgan fingerprint density at radius 2 is 2.40 bits per heavy atom. The summed E-state index contributed by atoms with van der Waals surface area (Å²) in [6.45, 7) is 0. The summed E-state index contributed by atoms with van der Waals surface area (Å²) in [5.41, 5.74) is 8.17. The van der Waals surface area contributed by atoms with Gasteiger partial charge in [-0.15, -0.1) is 0 Å². The van der Waals surface area contributed by atoms with Crippen molar-refractivity contribution in [1.29, 1.82) is 5.26 Å². The Morgan fingerprint density at radius 3 is 2.93 bits per heavy atom.